The van der Waals surface area contributed by atoms with Crippen molar-refractivity contribution in [2.24, 2.45) is 0 Å². The maximum absolute atomic E-state index is 12.0. The van der Waals surface area contributed by atoms with E-state index in [0.717, 1.165) is 38.3 Å². The van der Waals surface area contributed by atoms with Crippen LogP contribution in [-0.4, -0.2) is 66.7 Å². The van der Waals surface area contributed by atoms with Crippen LogP contribution in [0, 0.1) is 0 Å². The minimum atomic E-state index is -0.00655. The molecule has 0 bridgehead atoms. The smallest absolute Gasteiger partial charge is 0.238 e. The monoisotopic (exact) mass is 311 g/mol. The quantitative estimate of drug-likeness (QED) is 0.860. The van der Waals surface area contributed by atoms with Crippen LogP contribution in [-0.2, 0) is 4.79 Å². The van der Waals surface area contributed by atoms with Gasteiger partial charge in [-0.15, -0.1) is 0 Å². The van der Waals surface area contributed by atoms with E-state index < -0.39 is 0 Å². The summed E-state index contributed by atoms with van der Waals surface area (Å²) in [5.74, 6) is -0.00655. The third-order valence-corrected chi connectivity index (χ3v) is 3.84. The van der Waals surface area contributed by atoms with Gasteiger partial charge in [-0.1, -0.05) is 11.6 Å². The molecule has 0 atom stereocenters. The molecule has 0 aromatic heterocycles. The molecule has 1 saturated heterocycles. The fourth-order valence-electron chi connectivity index (χ4n) is 2.48. The van der Waals surface area contributed by atoms with Crippen molar-refractivity contribution in [2.75, 3.05) is 51.2 Å². The lowest BCUT2D eigenvalue weighted by molar-refractivity contribution is -0.117. The molecule has 2 N–H and O–H groups in total. The molecule has 2 rings (SSSR count). The molecule has 21 heavy (non-hydrogen) atoms. The fourth-order valence-corrected chi connectivity index (χ4v) is 2.61. The Morgan fingerprint density at radius 2 is 1.81 bits per heavy atom. The molecule has 5 nitrogen and oxygen atoms in total. The van der Waals surface area contributed by atoms with E-state index in [1.165, 1.54) is 0 Å². The van der Waals surface area contributed by atoms with Crippen LogP contribution in [0.1, 0.15) is 6.42 Å². The minimum Gasteiger partial charge on any atom is -0.395 e. The molecule has 0 spiro atoms. The Morgan fingerprint density at radius 3 is 2.52 bits per heavy atom. The molecule has 1 aliphatic heterocycles. The normalized spacial score (nSPS) is 17.4. The second-order valence-corrected chi connectivity index (χ2v) is 5.69. The van der Waals surface area contributed by atoms with Crippen molar-refractivity contribution in [2.45, 2.75) is 6.42 Å². The van der Waals surface area contributed by atoms with Crippen LogP contribution in [0.2, 0.25) is 5.02 Å². The summed E-state index contributed by atoms with van der Waals surface area (Å²) >= 11 is 5.82. The molecule has 1 aromatic rings. The first kappa shape index (κ1) is 16.2. The molecule has 0 aliphatic carbocycles. The number of carbonyl (C=O) groups excluding carboxylic acids is 1. The van der Waals surface area contributed by atoms with Gasteiger partial charge in [-0.2, -0.15) is 0 Å². The molecule has 1 heterocycles. The summed E-state index contributed by atoms with van der Waals surface area (Å²) in [5, 5.41) is 12.5. The van der Waals surface area contributed by atoms with Crippen LogP contribution < -0.4 is 5.32 Å². The molecule has 1 fully saturated rings. The first-order valence-corrected chi connectivity index (χ1v) is 7.66. The standard InChI is InChI=1S/C15H22ClN3O2/c16-13-2-4-14(5-3-13)17-15(21)12-19-7-1-6-18(8-9-19)10-11-20/h2-5,20H,1,6-12H2,(H,17,21). The number of hydrogen-bond donors (Lipinski definition) is 2. The number of halogens is 1. The second kappa shape index (κ2) is 8.34. The number of β-amino-alcohol motifs (C(OH)–C–C–N with tert-alkyl or cyclic N) is 1. The van der Waals surface area contributed by atoms with Gasteiger partial charge in [0.2, 0.25) is 5.91 Å². The zero-order valence-corrected chi connectivity index (χ0v) is 12.9. The van der Waals surface area contributed by atoms with E-state index in [0.29, 0.717) is 18.1 Å². The second-order valence-electron chi connectivity index (χ2n) is 5.25. The molecule has 0 radical (unpaired) electrons. The van der Waals surface area contributed by atoms with Gasteiger partial charge >= 0.3 is 0 Å². The summed E-state index contributed by atoms with van der Waals surface area (Å²) in [6.07, 6.45) is 1.02. The molecule has 1 aromatic carbocycles. The molecule has 0 unspecified atom stereocenters. The van der Waals surface area contributed by atoms with Gasteiger partial charge in [0.1, 0.15) is 0 Å². The van der Waals surface area contributed by atoms with Crippen LogP contribution in [0.4, 0.5) is 5.69 Å². The number of amides is 1. The van der Waals surface area contributed by atoms with E-state index in [2.05, 4.69) is 15.1 Å². The molecule has 116 valence electrons. The van der Waals surface area contributed by atoms with Gasteiger partial charge in [-0.3, -0.25) is 14.6 Å². The SMILES string of the molecule is O=C(CN1CCCN(CCO)CC1)Nc1ccc(Cl)cc1. The highest BCUT2D eigenvalue weighted by Gasteiger charge is 2.16. The number of carbonyl (C=O) groups is 1. The minimum absolute atomic E-state index is 0.00655. The average Bonchev–Trinajstić information content (AvgIpc) is 2.67. The van der Waals surface area contributed by atoms with Crippen LogP contribution in [0.25, 0.3) is 0 Å². The Labute approximate surface area is 130 Å². The van der Waals surface area contributed by atoms with E-state index in [4.69, 9.17) is 16.7 Å². The first-order valence-electron chi connectivity index (χ1n) is 7.28. The maximum atomic E-state index is 12.0. The summed E-state index contributed by atoms with van der Waals surface area (Å²) < 4.78 is 0. The number of aliphatic hydroxyl groups is 1. The Morgan fingerprint density at radius 1 is 1.14 bits per heavy atom. The fraction of sp³-hybridized carbons (Fsp3) is 0.533. The summed E-state index contributed by atoms with van der Waals surface area (Å²) in [7, 11) is 0. The zero-order valence-electron chi connectivity index (χ0n) is 12.1. The van der Waals surface area contributed by atoms with Crippen LogP contribution in [0.3, 0.4) is 0 Å². The van der Waals surface area contributed by atoms with Gasteiger partial charge in [0.15, 0.2) is 0 Å². The largest absolute Gasteiger partial charge is 0.395 e. The van der Waals surface area contributed by atoms with Gasteiger partial charge in [0.05, 0.1) is 13.2 Å². The highest BCUT2D eigenvalue weighted by Crippen LogP contribution is 2.13. The number of nitrogens with zero attached hydrogens (tertiary/aromatic N) is 2. The number of anilines is 1. The number of hydrogen-bond acceptors (Lipinski definition) is 4. The van der Waals surface area contributed by atoms with Crippen LogP contribution >= 0.6 is 11.6 Å². The van der Waals surface area contributed by atoms with Crippen molar-refractivity contribution < 1.29 is 9.90 Å². The van der Waals surface area contributed by atoms with Gasteiger partial charge in [0, 0.05) is 30.3 Å². The summed E-state index contributed by atoms with van der Waals surface area (Å²) in [5.41, 5.74) is 0.765. The molecular formula is C15H22ClN3O2. The maximum Gasteiger partial charge on any atom is 0.238 e. The summed E-state index contributed by atoms with van der Waals surface area (Å²) in [4.78, 5) is 16.4. The molecule has 1 aliphatic rings. The zero-order chi connectivity index (χ0) is 15.1. The predicted molar refractivity (Wildman–Crippen MR) is 84.7 cm³/mol. The van der Waals surface area contributed by atoms with E-state index in [1.54, 1.807) is 24.3 Å². The van der Waals surface area contributed by atoms with Crippen molar-refractivity contribution in [1.29, 1.82) is 0 Å². The van der Waals surface area contributed by atoms with Gasteiger partial charge in [-0.25, -0.2) is 0 Å². The first-order chi connectivity index (χ1) is 10.2. The van der Waals surface area contributed by atoms with Crippen molar-refractivity contribution in [3.63, 3.8) is 0 Å². The lowest BCUT2D eigenvalue weighted by Crippen LogP contribution is -2.36. The highest BCUT2D eigenvalue weighted by atomic mass is 35.5. The van der Waals surface area contributed by atoms with E-state index >= 15 is 0 Å². The number of benzene rings is 1. The van der Waals surface area contributed by atoms with Crippen molar-refractivity contribution in [3.05, 3.63) is 29.3 Å². The summed E-state index contributed by atoms with van der Waals surface area (Å²) in [6.45, 7) is 4.95. The Bertz CT molecular complexity index is 453. The number of rotatable bonds is 5. The van der Waals surface area contributed by atoms with Crippen LogP contribution in [0.15, 0.2) is 24.3 Å². The number of nitrogens with one attached hydrogen (secondary N) is 1. The molecular weight excluding hydrogens is 290 g/mol. The lowest BCUT2D eigenvalue weighted by atomic mass is 10.3. The average molecular weight is 312 g/mol. The predicted octanol–water partition coefficient (Wildman–Crippen LogP) is 1.28. The Balaban J connectivity index is 1.78. The topological polar surface area (TPSA) is 55.8 Å². The third-order valence-electron chi connectivity index (χ3n) is 3.59. The van der Waals surface area contributed by atoms with Crippen molar-refractivity contribution >= 4 is 23.2 Å². The Hall–Kier alpha value is -1.14. The highest BCUT2D eigenvalue weighted by molar-refractivity contribution is 6.30. The van der Waals surface area contributed by atoms with E-state index in [1.807, 2.05) is 0 Å². The van der Waals surface area contributed by atoms with E-state index in [-0.39, 0.29) is 12.5 Å². The van der Waals surface area contributed by atoms with E-state index in [9.17, 15) is 4.79 Å². The molecule has 0 saturated carbocycles. The molecule has 6 heteroatoms. The summed E-state index contributed by atoms with van der Waals surface area (Å²) in [6, 6.07) is 7.11. The van der Waals surface area contributed by atoms with Gasteiger partial charge in [-0.05, 0) is 43.8 Å². The third kappa shape index (κ3) is 5.63. The van der Waals surface area contributed by atoms with Crippen LogP contribution in [0.5, 0.6) is 0 Å². The Kier molecular flexibility index (Phi) is 6.45. The van der Waals surface area contributed by atoms with Crippen molar-refractivity contribution in [3.8, 4) is 0 Å². The van der Waals surface area contributed by atoms with Crippen molar-refractivity contribution in [1.82, 2.24) is 9.80 Å². The lowest BCUT2D eigenvalue weighted by Gasteiger charge is -2.20. The molecule has 1 amide bonds. The van der Waals surface area contributed by atoms with Gasteiger partial charge < -0.3 is 10.4 Å². The van der Waals surface area contributed by atoms with Gasteiger partial charge in [0.25, 0.3) is 0 Å². The number of aliphatic hydroxyl groups excluding tert-OH is 1.